The highest BCUT2D eigenvalue weighted by molar-refractivity contribution is 5.71. The second-order valence-electron chi connectivity index (χ2n) is 16.4. The predicted molar refractivity (Wildman–Crippen MR) is 251 cm³/mol. The van der Waals surface area contributed by atoms with Crippen molar-refractivity contribution >= 4 is 17.9 Å². The molecule has 0 aliphatic carbocycles. The molecule has 0 saturated carbocycles. The van der Waals surface area contributed by atoms with E-state index in [2.05, 4.69) is 81.5 Å². The van der Waals surface area contributed by atoms with Crippen molar-refractivity contribution in [2.24, 2.45) is 0 Å². The zero-order valence-electron chi connectivity index (χ0n) is 38.8. The van der Waals surface area contributed by atoms with Crippen LogP contribution in [0.2, 0.25) is 0 Å². The summed E-state index contributed by atoms with van der Waals surface area (Å²) < 4.78 is 16.6. The minimum Gasteiger partial charge on any atom is -0.462 e. The van der Waals surface area contributed by atoms with Gasteiger partial charge in [-0.2, -0.15) is 0 Å². The molecule has 1 unspecified atom stereocenters. The van der Waals surface area contributed by atoms with Gasteiger partial charge in [0, 0.05) is 19.3 Å². The Morgan fingerprint density at radius 3 is 1.03 bits per heavy atom. The second-order valence-corrected chi connectivity index (χ2v) is 16.4. The molecule has 6 nitrogen and oxygen atoms in total. The molecule has 340 valence electrons. The van der Waals surface area contributed by atoms with Gasteiger partial charge in [0.25, 0.3) is 0 Å². The van der Waals surface area contributed by atoms with Crippen molar-refractivity contribution in [3.8, 4) is 0 Å². The molecule has 0 saturated heterocycles. The molecule has 0 rings (SSSR count). The molecule has 0 fully saturated rings. The second kappa shape index (κ2) is 47.8. The third-order valence-corrected chi connectivity index (χ3v) is 10.5. The van der Waals surface area contributed by atoms with E-state index in [0.29, 0.717) is 19.3 Å². The monoisotopic (exact) mass is 825 g/mol. The molecule has 0 amide bonds. The van der Waals surface area contributed by atoms with Crippen molar-refractivity contribution in [3.05, 3.63) is 60.8 Å². The fourth-order valence-corrected chi connectivity index (χ4v) is 6.82. The predicted octanol–water partition coefficient (Wildman–Crippen LogP) is 16.1. The van der Waals surface area contributed by atoms with Crippen molar-refractivity contribution in [1.29, 1.82) is 0 Å². The van der Waals surface area contributed by atoms with Crippen LogP contribution in [0.25, 0.3) is 0 Å². The molecule has 0 aromatic heterocycles. The van der Waals surface area contributed by atoms with Gasteiger partial charge in [-0.25, -0.2) is 0 Å². The van der Waals surface area contributed by atoms with Crippen LogP contribution < -0.4 is 0 Å². The number of hydrogen-bond acceptors (Lipinski definition) is 6. The first-order valence-corrected chi connectivity index (χ1v) is 24.8. The van der Waals surface area contributed by atoms with Crippen molar-refractivity contribution < 1.29 is 28.6 Å². The van der Waals surface area contributed by atoms with E-state index < -0.39 is 6.10 Å². The first-order chi connectivity index (χ1) is 29.0. The summed E-state index contributed by atoms with van der Waals surface area (Å²) in [6, 6.07) is 0. The van der Waals surface area contributed by atoms with Gasteiger partial charge >= 0.3 is 17.9 Å². The summed E-state index contributed by atoms with van der Waals surface area (Å²) in [5.41, 5.74) is 0. The molecular weight excluding hydrogens is 733 g/mol. The van der Waals surface area contributed by atoms with Crippen LogP contribution in [0.15, 0.2) is 60.8 Å². The first-order valence-electron chi connectivity index (χ1n) is 24.8. The van der Waals surface area contributed by atoms with Crippen LogP contribution in [0.3, 0.4) is 0 Å². The standard InChI is InChI=1S/C53H92O6/c1-4-7-10-13-16-18-20-21-22-23-24-25-26-27-28-29-30-31-32-33-34-36-37-40-43-46-52(55)58-49-50(48-57-51(54)45-42-39-15-12-9-6-3)59-53(56)47-44-41-38-35-19-17-14-11-8-5-2/h7,10,16,18,21-22,24-25,27-28,50H,4-6,8-9,11-15,17,19-20,23,26,29-49H2,1-3H3/b10-7-,18-16-,22-21-,25-24-,28-27-. The molecule has 0 aromatic carbocycles. The fourth-order valence-electron chi connectivity index (χ4n) is 6.82. The molecule has 1 atom stereocenters. The lowest BCUT2D eigenvalue weighted by Crippen LogP contribution is -2.30. The van der Waals surface area contributed by atoms with E-state index in [1.807, 2.05) is 0 Å². The highest BCUT2D eigenvalue weighted by Gasteiger charge is 2.19. The fraction of sp³-hybridized carbons (Fsp3) is 0.755. The van der Waals surface area contributed by atoms with E-state index in [4.69, 9.17) is 14.2 Å². The molecular formula is C53H92O6. The lowest BCUT2D eigenvalue weighted by Gasteiger charge is -2.18. The van der Waals surface area contributed by atoms with Gasteiger partial charge in [0.15, 0.2) is 6.10 Å². The Morgan fingerprint density at radius 1 is 0.356 bits per heavy atom. The van der Waals surface area contributed by atoms with E-state index in [1.165, 1.54) is 103 Å². The molecule has 59 heavy (non-hydrogen) atoms. The zero-order chi connectivity index (χ0) is 43.0. The Balaban J connectivity index is 4.11. The Kier molecular flexibility index (Phi) is 45.4. The number of unbranched alkanes of at least 4 members (excludes halogenated alkanes) is 23. The summed E-state index contributed by atoms with van der Waals surface area (Å²) in [6.45, 7) is 6.44. The molecule has 0 radical (unpaired) electrons. The maximum Gasteiger partial charge on any atom is 0.306 e. The van der Waals surface area contributed by atoms with Crippen LogP contribution in [0, 0.1) is 0 Å². The van der Waals surface area contributed by atoms with Crippen LogP contribution in [0.1, 0.15) is 239 Å². The summed E-state index contributed by atoms with van der Waals surface area (Å²) in [4.78, 5) is 37.6. The summed E-state index contributed by atoms with van der Waals surface area (Å²) in [7, 11) is 0. The number of esters is 3. The van der Waals surface area contributed by atoms with Gasteiger partial charge in [-0.15, -0.1) is 0 Å². The Hall–Kier alpha value is -2.89. The van der Waals surface area contributed by atoms with Crippen LogP contribution in [0.4, 0.5) is 0 Å². The van der Waals surface area contributed by atoms with Crippen molar-refractivity contribution in [2.75, 3.05) is 13.2 Å². The number of hydrogen-bond donors (Lipinski definition) is 0. The number of carbonyl (C=O) groups is 3. The van der Waals surface area contributed by atoms with Crippen LogP contribution >= 0.6 is 0 Å². The first kappa shape index (κ1) is 56.1. The van der Waals surface area contributed by atoms with E-state index >= 15 is 0 Å². The molecule has 6 heteroatoms. The van der Waals surface area contributed by atoms with Gasteiger partial charge in [0.05, 0.1) is 0 Å². The minimum atomic E-state index is -0.768. The molecule has 0 aromatic rings. The van der Waals surface area contributed by atoms with Gasteiger partial charge in [0.2, 0.25) is 0 Å². The lowest BCUT2D eigenvalue weighted by molar-refractivity contribution is -0.167. The average Bonchev–Trinajstić information content (AvgIpc) is 3.23. The number of allylic oxidation sites excluding steroid dienone is 10. The SMILES string of the molecule is CC/C=C\C/C=C\C/C=C\C/C=C\C/C=C\CCCCCCCCCCCC(=O)OCC(COC(=O)CCCCCCCC)OC(=O)CCCCCCCCCCCC. The third kappa shape index (κ3) is 46.0. The summed E-state index contributed by atoms with van der Waals surface area (Å²) in [5.74, 6) is -0.890. The molecule has 0 spiro atoms. The average molecular weight is 825 g/mol. The summed E-state index contributed by atoms with van der Waals surface area (Å²) in [6.07, 6.45) is 58.1. The number of rotatable bonds is 44. The smallest absolute Gasteiger partial charge is 0.306 e. The quantitative estimate of drug-likeness (QED) is 0.0263. The van der Waals surface area contributed by atoms with Crippen LogP contribution in [-0.2, 0) is 28.6 Å². The van der Waals surface area contributed by atoms with E-state index in [-0.39, 0.29) is 31.1 Å². The highest BCUT2D eigenvalue weighted by atomic mass is 16.6. The maximum absolute atomic E-state index is 12.7. The zero-order valence-corrected chi connectivity index (χ0v) is 38.8. The Labute approximate surface area is 364 Å². The van der Waals surface area contributed by atoms with Gasteiger partial charge in [-0.3, -0.25) is 14.4 Å². The minimum absolute atomic E-state index is 0.0743. The third-order valence-electron chi connectivity index (χ3n) is 10.5. The van der Waals surface area contributed by atoms with E-state index in [9.17, 15) is 14.4 Å². The largest absolute Gasteiger partial charge is 0.462 e. The number of carbonyl (C=O) groups excluding carboxylic acids is 3. The Morgan fingerprint density at radius 2 is 0.661 bits per heavy atom. The van der Waals surface area contributed by atoms with Crippen molar-refractivity contribution in [3.63, 3.8) is 0 Å². The van der Waals surface area contributed by atoms with Crippen molar-refractivity contribution in [1.82, 2.24) is 0 Å². The van der Waals surface area contributed by atoms with Gasteiger partial charge in [0.1, 0.15) is 13.2 Å². The highest BCUT2D eigenvalue weighted by Crippen LogP contribution is 2.15. The van der Waals surface area contributed by atoms with Gasteiger partial charge in [-0.05, 0) is 64.2 Å². The van der Waals surface area contributed by atoms with Crippen LogP contribution in [0.5, 0.6) is 0 Å². The van der Waals surface area contributed by atoms with E-state index in [1.54, 1.807) is 0 Å². The van der Waals surface area contributed by atoms with Crippen LogP contribution in [-0.4, -0.2) is 37.2 Å². The van der Waals surface area contributed by atoms with Gasteiger partial charge in [-0.1, -0.05) is 216 Å². The Bertz CT molecular complexity index is 1090. The van der Waals surface area contributed by atoms with Gasteiger partial charge < -0.3 is 14.2 Å². The topological polar surface area (TPSA) is 78.9 Å². The lowest BCUT2D eigenvalue weighted by atomic mass is 10.1. The molecule has 0 heterocycles. The molecule has 0 N–H and O–H groups in total. The summed E-state index contributed by atoms with van der Waals surface area (Å²) in [5, 5.41) is 0. The molecule has 0 aliphatic rings. The summed E-state index contributed by atoms with van der Waals surface area (Å²) >= 11 is 0. The molecule has 0 bridgehead atoms. The molecule has 0 aliphatic heterocycles. The maximum atomic E-state index is 12.7. The normalized spacial score (nSPS) is 12.5. The number of ether oxygens (including phenoxy) is 3. The van der Waals surface area contributed by atoms with Crippen molar-refractivity contribution in [2.45, 2.75) is 245 Å². The van der Waals surface area contributed by atoms with E-state index in [0.717, 1.165) is 96.3 Å².